The summed E-state index contributed by atoms with van der Waals surface area (Å²) >= 11 is 0. The van der Waals surface area contributed by atoms with Crippen molar-refractivity contribution in [2.45, 2.75) is 45.2 Å². The fraction of sp³-hybridized carbons (Fsp3) is 0.417. The van der Waals surface area contributed by atoms with Gasteiger partial charge in [-0.1, -0.05) is 0 Å². The van der Waals surface area contributed by atoms with E-state index in [4.69, 9.17) is 5.73 Å². The SMILES string of the molecule is Cc1nnc(N[C@H](C)c2cc(N)cc(C(F)F)c2F)c2cc(N3CCN4C(=O)CC[C@@H]4C3)cnc12. The van der Waals surface area contributed by atoms with Crippen LogP contribution in [0.15, 0.2) is 24.4 Å². The number of nitrogens with one attached hydrogen (secondary N) is 1. The van der Waals surface area contributed by atoms with Gasteiger partial charge in [0.05, 0.1) is 34.7 Å². The van der Waals surface area contributed by atoms with E-state index in [0.29, 0.717) is 41.9 Å². The van der Waals surface area contributed by atoms with Gasteiger partial charge in [0.25, 0.3) is 6.43 Å². The van der Waals surface area contributed by atoms with Crippen molar-refractivity contribution in [1.29, 1.82) is 0 Å². The van der Waals surface area contributed by atoms with Gasteiger partial charge in [0.1, 0.15) is 5.82 Å². The van der Waals surface area contributed by atoms with Gasteiger partial charge >= 0.3 is 0 Å². The van der Waals surface area contributed by atoms with Gasteiger partial charge in [-0.15, -0.1) is 5.10 Å². The van der Waals surface area contributed by atoms with E-state index < -0.39 is 23.8 Å². The number of benzene rings is 1. The summed E-state index contributed by atoms with van der Waals surface area (Å²) in [4.78, 5) is 20.8. The highest BCUT2D eigenvalue weighted by molar-refractivity contribution is 5.92. The van der Waals surface area contributed by atoms with E-state index in [-0.39, 0.29) is 23.2 Å². The van der Waals surface area contributed by atoms with Gasteiger partial charge in [-0.25, -0.2) is 13.2 Å². The molecule has 4 heterocycles. The molecule has 0 aliphatic carbocycles. The minimum absolute atomic E-state index is 0.0157. The average molecular weight is 486 g/mol. The standard InChI is InChI=1S/C24H26F3N7O/c1-12(17-7-14(28)8-18(21(17)25)23(26)27)30-24-19-9-16(10-29-22(19)13(2)31-32-24)33-5-6-34-15(11-33)3-4-20(34)35/h7-10,12,15,23H,3-6,11,28H2,1-2H3,(H,30,32)/t12-,15-/m1/s1. The molecule has 0 bridgehead atoms. The van der Waals surface area contributed by atoms with Crippen LogP contribution >= 0.6 is 0 Å². The Hall–Kier alpha value is -3.63. The zero-order chi connectivity index (χ0) is 24.9. The lowest BCUT2D eigenvalue weighted by Gasteiger charge is -2.38. The molecular weight excluding hydrogens is 459 g/mol. The zero-order valence-electron chi connectivity index (χ0n) is 19.4. The first-order valence-corrected chi connectivity index (χ1v) is 11.5. The third kappa shape index (κ3) is 4.19. The quantitative estimate of drug-likeness (QED) is 0.528. The number of nitrogens with zero attached hydrogens (tertiary/aromatic N) is 5. The molecule has 2 aliphatic rings. The molecule has 0 unspecified atom stereocenters. The molecule has 3 N–H and O–H groups in total. The van der Waals surface area contributed by atoms with Crippen LogP contribution < -0.4 is 16.0 Å². The molecule has 11 heteroatoms. The number of amides is 1. The van der Waals surface area contributed by atoms with Crippen molar-refractivity contribution in [3.8, 4) is 0 Å². The lowest BCUT2D eigenvalue weighted by molar-refractivity contribution is -0.129. The van der Waals surface area contributed by atoms with Gasteiger partial charge in [-0.05, 0) is 38.5 Å². The largest absolute Gasteiger partial charge is 0.399 e. The predicted octanol–water partition coefficient (Wildman–Crippen LogP) is 3.98. The topological polar surface area (TPSA) is 100 Å². The molecule has 184 valence electrons. The maximum Gasteiger partial charge on any atom is 0.266 e. The molecule has 0 saturated carbocycles. The Kier molecular flexibility index (Phi) is 5.86. The molecular formula is C24H26F3N7O. The van der Waals surface area contributed by atoms with E-state index >= 15 is 0 Å². The summed E-state index contributed by atoms with van der Waals surface area (Å²) in [6.45, 7) is 5.52. The van der Waals surface area contributed by atoms with E-state index in [1.165, 1.54) is 6.07 Å². The highest BCUT2D eigenvalue weighted by Crippen LogP contribution is 2.34. The number of hydrogen-bond donors (Lipinski definition) is 2. The molecule has 3 aromatic rings. The number of aryl methyl sites for hydroxylation is 1. The lowest BCUT2D eigenvalue weighted by Crippen LogP contribution is -2.51. The number of piperazine rings is 1. The number of carbonyl (C=O) groups excluding carboxylic acids is 1. The van der Waals surface area contributed by atoms with Crippen LogP contribution in [-0.2, 0) is 4.79 Å². The molecule has 2 atom stereocenters. The highest BCUT2D eigenvalue weighted by Gasteiger charge is 2.35. The average Bonchev–Trinajstić information content (AvgIpc) is 3.21. The number of carbonyl (C=O) groups is 1. The van der Waals surface area contributed by atoms with Crippen LogP contribution in [0.25, 0.3) is 10.9 Å². The molecule has 0 radical (unpaired) electrons. The Labute approximate surface area is 200 Å². The molecule has 2 saturated heterocycles. The van der Waals surface area contributed by atoms with Crippen molar-refractivity contribution in [1.82, 2.24) is 20.1 Å². The van der Waals surface area contributed by atoms with Crippen LogP contribution in [-0.4, -0.2) is 51.7 Å². The van der Waals surface area contributed by atoms with Gasteiger partial charge in [0, 0.05) is 48.7 Å². The Balaban J connectivity index is 1.47. The minimum atomic E-state index is -2.98. The van der Waals surface area contributed by atoms with Crippen molar-refractivity contribution in [3.05, 3.63) is 47.0 Å². The number of anilines is 3. The Morgan fingerprint density at radius 2 is 1.94 bits per heavy atom. The van der Waals surface area contributed by atoms with Crippen LogP contribution in [0, 0.1) is 12.7 Å². The number of hydrogen-bond acceptors (Lipinski definition) is 7. The van der Waals surface area contributed by atoms with Crippen LogP contribution in [0.4, 0.5) is 30.4 Å². The Morgan fingerprint density at radius 1 is 1.17 bits per heavy atom. The smallest absolute Gasteiger partial charge is 0.266 e. The molecule has 2 aliphatic heterocycles. The number of pyridine rings is 1. The summed E-state index contributed by atoms with van der Waals surface area (Å²) < 4.78 is 41.4. The van der Waals surface area contributed by atoms with Crippen LogP contribution in [0.5, 0.6) is 0 Å². The van der Waals surface area contributed by atoms with Crippen molar-refractivity contribution in [3.63, 3.8) is 0 Å². The maximum absolute atomic E-state index is 14.8. The Morgan fingerprint density at radius 3 is 2.71 bits per heavy atom. The first-order valence-electron chi connectivity index (χ1n) is 11.5. The maximum atomic E-state index is 14.8. The number of halogens is 3. The molecule has 0 spiro atoms. The molecule has 1 aromatic carbocycles. The van der Waals surface area contributed by atoms with Crippen LogP contribution in [0.2, 0.25) is 0 Å². The van der Waals surface area contributed by atoms with Crippen molar-refractivity contribution < 1.29 is 18.0 Å². The Bertz CT molecular complexity index is 1300. The summed E-state index contributed by atoms with van der Waals surface area (Å²) in [5.74, 6) is -0.426. The second kappa shape index (κ2) is 8.86. The van der Waals surface area contributed by atoms with Gasteiger partial charge < -0.3 is 20.9 Å². The first-order chi connectivity index (χ1) is 16.7. The van der Waals surface area contributed by atoms with Crippen molar-refractivity contribution >= 4 is 34.0 Å². The molecule has 2 fully saturated rings. The van der Waals surface area contributed by atoms with Crippen molar-refractivity contribution in [2.24, 2.45) is 0 Å². The molecule has 5 rings (SSSR count). The highest BCUT2D eigenvalue weighted by atomic mass is 19.3. The van der Waals surface area contributed by atoms with E-state index in [2.05, 4.69) is 25.4 Å². The molecule has 8 nitrogen and oxygen atoms in total. The predicted molar refractivity (Wildman–Crippen MR) is 127 cm³/mol. The van der Waals surface area contributed by atoms with E-state index in [1.54, 1.807) is 20.0 Å². The minimum Gasteiger partial charge on any atom is -0.399 e. The molecule has 1 amide bonds. The second-order valence-corrected chi connectivity index (χ2v) is 9.13. The number of alkyl halides is 2. The van der Waals surface area contributed by atoms with E-state index in [9.17, 15) is 18.0 Å². The summed E-state index contributed by atoms with van der Waals surface area (Å²) in [6.07, 6.45) is 0.232. The van der Waals surface area contributed by atoms with E-state index in [1.807, 2.05) is 11.0 Å². The third-order valence-electron chi connectivity index (χ3n) is 6.84. The lowest BCUT2D eigenvalue weighted by atomic mass is 10.0. The van der Waals surface area contributed by atoms with E-state index in [0.717, 1.165) is 24.7 Å². The summed E-state index contributed by atoms with van der Waals surface area (Å²) in [5.41, 5.74) is 7.24. The number of fused-ring (bicyclic) bond motifs is 2. The monoisotopic (exact) mass is 485 g/mol. The van der Waals surface area contributed by atoms with Crippen molar-refractivity contribution in [2.75, 3.05) is 35.6 Å². The normalized spacial score (nSPS) is 18.9. The van der Waals surface area contributed by atoms with Gasteiger partial charge in [0.2, 0.25) is 5.91 Å². The zero-order valence-corrected chi connectivity index (χ0v) is 19.4. The van der Waals surface area contributed by atoms with Crippen LogP contribution in [0.1, 0.15) is 49.1 Å². The summed E-state index contributed by atoms with van der Waals surface area (Å²) in [6, 6.07) is 3.72. The number of aromatic nitrogens is 3. The number of nitrogen functional groups attached to an aromatic ring is 1. The fourth-order valence-electron chi connectivity index (χ4n) is 4.98. The third-order valence-corrected chi connectivity index (χ3v) is 6.84. The van der Waals surface area contributed by atoms with Crippen LogP contribution in [0.3, 0.4) is 0 Å². The molecule has 2 aromatic heterocycles. The summed E-state index contributed by atoms with van der Waals surface area (Å²) in [5, 5.41) is 12.2. The van der Waals surface area contributed by atoms with Gasteiger partial charge in [-0.2, -0.15) is 5.10 Å². The number of nitrogens with two attached hydrogens (primary N) is 1. The molecule has 35 heavy (non-hydrogen) atoms. The number of rotatable bonds is 5. The fourth-order valence-corrected chi connectivity index (χ4v) is 4.98. The summed E-state index contributed by atoms with van der Waals surface area (Å²) in [7, 11) is 0. The second-order valence-electron chi connectivity index (χ2n) is 9.13. The first kappa shape index (κ1) is 23.1. The van der Waals surface area contributed by atoms with Gasteiger partial charge in [0.15, 0.2) is 5.82 Å². The van der Waals surface area contributed by atoms with Gasteiger partial charge in [-0.3, -0.25) is 9.78 Å².